The molecule has 8 nitrogen and oxygen atoms in total. The van der Waals surface area contributed by atoms with Crippen LogP contribution in [0, 0.1) is 0 Å². The van der Waals surface area contributed by atoms with Gasteiger partial charge in [-0.1, -0.05) is 17.3 Å². The lowest BCUT2D eigenvalue weighted by atomic mass is 9.90. The van der Waals surface area contributed by atoms with Gasteiger partial charge in [-0.05, 0) is 45.7 Å². The van der Waals surface area contributed by atoms with E-state index in [0.29, 0.717) is 29.2 Å². The number of hydrazone groups is 2. The summed E-state index contributed by atoms with van der Waals surface area (Å²) in [6.07, 6.45) is 1.71. The first kappa shape index (κ1) is 20.7. The molecule has 2 aromatic rings. The topological polar surface area (TPSA) is 94.5 Å². The van der Waals surface area contributed by atoms with Gasteiger partial charge in [0.2, 0.25) is 0 Å². The minimum Gasteiger partial charge on any atom is -0.384 e. The Labute approximate surface area is 170 Å². The molecule has 1 fully saturated rings. The molecule has 0 aliphatic carbocycles. The molecule has 1 amide bonds. The highest BCUT2D eigenvalue weighted by molar-refractivity contribution is 6.00. The van der Waals surface area contributed by atoms with Gasteiger partial charge in [0, 0.05) is 38.0 Å². The zero-order valence-corrected chi connectivity index (χ0v) is 17.1. The lowest BCUT2D eigenvalue weighted by molar-refractivity contribution is 0.0596. The summed E-state index contributed by atoms with van der Waals surface area (Å²) in [6.45, 7) is 12.8. The van der Waals surface area contributed by atoms with Gasteiger partial charge in [0.15, 0.2) is 0 Å². The van der Waals surface area contributed by atoms with E-state index in [4.69, 9.17) is 4.52 Å². The van der Waals surface area contributed by atoms with Crippen LogP contribution in [0.2, 0.25) is 0 Å². The minimum absolute atomic E-state index is 0.0112. The van der Waals surface area contributed by atoms with Crippen LogP contribution in [0.3, 0.4) is 0 Å². The van der Waals surface area contributed by atoms with Crippen molar-refractivity contribution in [2.45, 2.75) is 51.2 Å². The second kappa shape index (κ2) is 8.16. The van der Waals surface area contributed by atoms with Crippen LogP contribution in [-0.2, 0) is 5.60 Å². The largest absolute Gasteiger partial charge is 0.384 e. The zero-order valence-electron chi connectivity index (χ0n) is 17.1. The summed E-state index contributed by atoms with van der Waals surface area (Å²) in [5.41, 5.74) is 0.422. The van der Waals surface area contributed by atoms with E-state index in [9.17, 15) is 9.90 Å². The molecule has 8 heteroatoms. The maximum atomic E-state index is 13.4. The summed E-state index contributed by atoms with van der Waals surface area (Å²) in [7, 11) is 0. The van der Waals surface area contributed by atoms with E-state index in [0.717, 1.165) is 12.8 Å². The Kier molecular flexibility index (Phi) is 5.83. The molecule has 2 heterocycles. The molecule has 2 atom stereocenters. The number of carbonyl (C=O) groups excluding carboxylic acids is 1. The number of anilines is 1. The first-order chi connectivity index (χ1) is 13.8. The molecule has 1 saturated heterocycles. The predicted octanol–water partition coefficient (Wildman–Crippen LogP) is 3.35. The van der Waals surface area contributed by atoms with Crippen molar-refractivity contribution in [3.63, 3.8) is 0 Å². The van der Waals surface area contributed by atoms with E-state index < -0.39 is 5.60 Å². The van der Waals surface area contributed by atoms with Crippen LogP contribution in [0.4, 0.5) is 5.69 Å². The number of para-hydroxylation sites is 1. The average Bonchev–Trinajstić information content (AvgIpc) is 3.20. The molecule has 1 N–H and O–H groups in total. The van der Waals surface area contributed by atoms with E-state index in [2.05, 4.69) is 28.8 Å². The molecular formula is C21H27N5O3. The highest BCUT2D eigenvalue weighted by Crippen LogP contribution is 2.34. The Balaban J connectivity index is 1.87. The van der Waals surface area contributed by atoms with E-state index in [-0.39, 0.29) is 17.9 Å². The molecule has 0 spiro atoms. The lowest BCUT2D eigenvalue weighted by Crippen LogP contribution is -2.45. The number of carbonyl (C=O) groups is 1. The van der Waals surface area contributed by atoms with Gasteiger partial charge in [0.25, 0.3) is 5.91 Å². The number of aliphatic hydroxyl groups is 1. The zero-order chi connectivity index (χ0) is 21.2. The van der Waals surface area contributed by atoms with Crippen molar-refractivity contribution < 1.29 is 14.4 Å². The lowest BCUT2D eigenvalue weighted by Gasteiger charge is -2.37. The fourth-order valence-electron chi connectivity index (χ4n) is 3.57. The summed E-state index contributed by atoms with van der Waals surface area (Å²) < 4.78 is 5.49. The molecule has 154 valence electrons. The number of hydrogen-bond acceptors (Lipinski definition) is 7. The molecule has 0 bridgehead atoms. The highest BCUT2D eigenvalue weighted by atomic mass is 16.5. The fourth-order valence-corrected chi connectivity index (χ4v) is 3.57. The molecule has 29 heavy (non-hydrogen) atoms. The number of benzene rings is 1. The molecule has 3 rings (SSSR count). The Hall–Kier alpha value is -3.00. The average molecular weight is 397 g/mol. The van der Waals surface area contributed by atoms with E-state index in [1.807, 2.05) is 17.9 Å². The first-order valence-electron chi connectivity index (χ1n) is 9.59. The Morgan fingerprint density at radius 2 is 2.00 bits per heavy atom. The van der Waals surface area contributed by atoms with Crippen molar-refractivity contribution in [2.75, 3.05) is 11.7 Å². The third-order valence-electron chi connectivity index (χ3n) is 5.32. The fraction of sp³-hybridized carbons (Fsp3) is 0.429. The van der Waals surface area contributed by atoms with E-state index in [1.54, 1.807) is 38.1 Å². The Morgan fingerprint density at radius 1 is 1.31 bits per heavy atom. The monoisotopic (exact) mass is 397 g/mol. The molecule has 1 aliphatic heterocycles. The van der Waals surface area contributed by atoms with Gasteiger partial charge >= 0.3 is 0 Å². The van der Waals surface area contributed by atoms with Crippen molar-refractivity contribution in [1.82, 2.24) is 10.1 Å². The molecule has 1 unspecified atom stereocenters. The summed E-state index contributed by atoms with van der Waals surface area (Å²) in [4.78, 5) is 15.2. The van der Waals surface area contributed by atoms with Crippen LogP contribution in [0.25, 0.3) is 0 Å². The van der Waals surface area contributed by atoms with E-state index >= 15 is 0 Å². The van der Waals surface area contributed by atoms with Crippen LogP contribution < -0.4 is 5.12 Å². The molecular weight excluding hydrogens is 370 g/mol. The van der Waals surface area contributed by atoms with Crippen molar-refractivity contribution in [3.05, 3.63) is 47.3 Å². The summed E-state index contributed by atoms with van der Waals surface area (Å²) in [5.74, 6) is 0.580. The minimum atomic E-state index is -1.07. The van der Waals surface area contributed by atoms with Gasteiger partial charge < -0.3 is 14.5 Å². The molecule has 1 aliphatic rings. The molecule has 0 radical (unpaired) electrons. The molecule has 1 aromatic carbocycles. The second-order valence-corrected chi connectivity index (χ2v) is 7.84. The van der Waals surface area contributed by atoms with Gasteiger partial charge in [0.05, 0.1) is 11.3 Å². The SMILES string of the molecule is C=NN(N=C)c1ccccc1C(=O)N1CC(c2cc(C(C)(C)O)no2)CC[C@H]1C. The maximum absolute atomic E-state index is 13.4. The smallest absolute Gasteiger partial charge is 0.256 e. The number of likely N-dealkylation sites (tertiary alicyclic amines) is 1. The summed E-state index contributed by atoms with van der Waals surface area (Å²) in [5, 5.41) is 23.0. The van der Waals surface area contributed by atoms with Crippen molar-refractivity contribution in [2.24, 2.45) is 10.2 Å². The van der Waals surface area contributed by atoms with Gasteiger partial charge in [-0.2, -0.15) is 15.3 Å². The highest BCUT2D eigenvalue weighted by Gasteiger charge is 2.34. The Bertz CT molecular complexity index is 894. The number of rotatable bonds is 6. The molecule has 1 aromatic heterocycles. The second-order valence-electron chi connectivity index (χ2n) is 7.84. The third kappa shape index (κ3) is 4.22. The predicted molar refractivity (Wildman–Crippen MR) is 112 cm³/mol. The quantitative estimate of drug-likeness (QED) is 0.596. The van der Waals surface area contributed by atoms with Crippen LogP contribution >= 0.6 is 0 Å². The van der Waals surface area contributed by atoms with Crippen molar-refractivity contribution in [3.8, 4) is 0 Å². The van der Waals surface area contributed by atoms with E-state index in [1.165, 1.54) is 5.12 Å². The number of piperidine rings is 1. The van der Waals surface area contributed by atoms with Crippen molar-refractivity contribution >= 4 is 25.0 Å². The van der Waals surface area contributed by atoms with Gasteiger partial charge in [-0.25, -0.2) is 0 Å². The summed E-state index contributed by atoms with van der Waals surface area (Å²) in [6, 6.07) is 8.98. The third-order valence-corrected chi connectivity index (χ3v) is 5.32. The first-order valence-corrected chi connectivity index (χ1v) is 9.59. The summed E-state index contributed by atoms with van der Waals surface area (Å²) >= 11 is 0. The van der Waals surface area contributed by atoms with Gasteiger partial charge in [-0.3, -0.25) is 4.79 Å². The number of nitrogens with zero attached hydrogens (tertiary/aromatic N) is 5. The maximum Gasteiger partial charge on any atom is 0.256 e. The van der Waals surface area contributed by atoms with Crippen LogP contribution in [0.1, 0.15) is 61.3 Å². The van der Waals surface area contributed by atoms with Crippen LogP contribution in [-0.4, -0.2) is 47.1 Å². The Morgan fingerprint density at radius 3 is 2.62 bits per heavy atom. The van der Waals surface area contributed by atoms with Crippen LogP contribution in [0.5, 0.6) is 0 Å². The van der Waals surface area contributed by atoms with Gasteiger partial charge in [-0.15, -0.1) is 0 Å². The number of amides is 1. The van der Waals surface area contributed by atoms with Crippen LogP contribution in [0.15, 0.2) is 45.1 Å². The standard InChI is InChI=1S/C21H27N5O3/c1-14-10-11-15(18-12-19(24-29-18)21(2,3)28)13-25(14)20(27)16-8-6-7-9-17(16)26(22-4)23-5/h6-9,12,14-15,28H,4-5,10-11,13H2,1-3H3/t14-,15?/m1/s1. The number of aromatic nitrogens is 1. The normalized spacial score (nSPS) is 19.7. The van der Waals surface area contributed by atoms with Crippen molar-refractivity contribution in [1.29, 1.82) is 0 Å². The van der Waals surface area contributed by atoms with Gasteiger partial charge in [0.1, 0.15) is 17.1 Å². The number of hydrogen-bond donors (Lipinski definition) is 1. The molecule has 0 saturated carbocycles.